The number of aromatic amines is 2. The van der Waals surface area contributed by atoms with Crippen molar-refractivity contribution in [3.63, 3.8) is 0 Å². The molecule has 1 aromatic carbocycles. The summed E-state index contributed by atoms with van der Waals surface area (Å²) in [5.74, 6) is 5.62. The van der Waals surface area contributed by atoms with Crippen LogP contribution in [-0.4, -0.2) is 24.9 Å². The van der Waals surface area contributed by atoms with Crippen LogP contribution in [0.1, 0.15) is 17.7 Å². The summed E-state index contributed by atoms with van der Waals surface area (Å²) in [6.45, 7) is 1.98. The number of rotatable bonds is 3. The first-order valence-electron chi connectivity index (χ1n) is 10.8. The molecule has 34 heavy (non-hydrogen) atoms. The fraction of sp³-hybridized carbons (Fsp3) is 0.0741. The van der Waals surface area contributed by atoms with E-state index in [2.05, 4.69) is 37.8 Å². The Kier molecular flexibility index (Phi) is 4.52. The highest BCUT2D eigenvalue weighted by molar-refractivity contribution is 6.00. The molecule has 4 aromatic heterocycles. The van der Waals surface area contributed by atoms with Crippen molar-refractivity contribution in [2.24, 2.45) is 0 Å². The number of imidazole rings is 1. The fourth-order valence-corrected chi connectivity index (χ4v) is 4.36. The number of hydrogen-bond donors (Lipinski definition) is 3. The molecular weight excluding hydrogens is 427 g/mol. The number of para-hydroxylation sites is 1. The van der Waals surface area contributed by atoms with E-state index in [9.17, 15) is 4.39 Å². The molecule has 164 valence electrons. The van der Waals surface area contributed by atoms with Gasteiger partial charge in [0, 0.05) is 63.9 Å². The van der Waals surface area contributed by atoms with Crippen LogP contribution in [0.2, 0.25) is 0 Å². The number of pyridine rings is 2. The highest BCUT2D eigenvalue weighted by Crippen LogP contribution is 2.35. The van der Waals surface area contributed by atoms with Crippen molar-refractivity contribution in [1.82, 2.24) is 24.9 Å². The lowest BCUT2D eigenvalue weighted by molar-refractivity contribution is 0.680. The van der Waals surface area contributed by atoms with Crippen LogP contribution in [0.15, 0.2) is 66.9 Å². The first kappa shape index (κ1) is 19.9. The van der Waals surface area contributed by atoms with Gasteiger partial charge in [0.15, 0.2) is 5.83 Å². The summed E-state index contributed by atoms with van der Waals surface area (Å²) in [4.78, 5) is 20.5. The third-order valence-corrected chi connectivity index (χ3v) is 5.91. The summed E-state index contributed by atoms with van der Waals surface area (Å²) in [6.07, 6.45) is 9.31. The molecule has 0 radical (unpaired) electrons. The van der Waals surface area contributed by atoms with Crippen LogP contribution < -0.4 is 5.73 Å². The van der Waals surface area contributed by atoms with Crippen LogP contribution in [-0.2, 0) is 0 Å². The number of aromatic nitrogens is 5. The van der Waals surface area contributed by atoms with E-state index in [1.165, 1.54) is 0 Å². The van der Waals surface area contributed by atoms with E-state index in [-0.39, 0.29) is 0 Å². The number of hydrogen-bond acceptors (Lipinski definition) is 4. The van der Waals surface area contributed by atoms with Gasteiger partial charge in [-0.3, -0.25) is 4.98 Å². The molecule has 6 nitrogen and oxygen atoms in total. The zero-order valence-corrected chi connectivity index (χ0v) is 18.3. The molecule has 0 saturated heterocycles. The number of H-pyrrole nitrogens is 2. The number of allylic oxidation sites excluding steroid dienone is 4. The van der Waals surface area contributed by atoms with E-state index in [0.29, 0.717) is 34.6 Å². The van der Waals surface area contributed by atoms with Crippen LogP contribution in [0.3, 0.4) is 0 Å². The van der Waals surface area contributed by atoms with E-state index in [4.69, 9.17) is 10.7 Å². The molecule has 0 bridgehead atoms. The summed E-state index contributed by atoms with van der Waals surface area (Å²) < 4.78 is 14.7. The summed E-state index contributed by atoms with van der Waals surface area (Å²) in [5.41, 5.74) is 13.5. The molecule has 4 N–H and O–H groups in total. The van der Waals surface area contributed by atoms with Crippen LogP contribution in [0.5, 0.6) is 0 Å². The number of anilines is 1. The minimum absolute atomic E-state index is 0.446. The SMILES string of the molecule is Cc1[nH]c2ncc(-c3cncc(N)c3)cc2c1-c1nc2c(C3=C(F)C#CCC=C3)cccc2[nH]1. The predicted molar refractivity (Wildman–Crippen MR) is 133 cm³/mol. The van der Waals surface area contributed by atoms with Gasteiger partial charge in [-0.05, 0) is 31.0 Å². The molecule has 4 heterocycles. The van der Waals surface area contributed by atoms with Crippen molar-refractivity contribution in [1.29, 1.82) is 0 Å². The Morgan fingerprint density at radius 2 is 1.97 bits per heavy atom. The Hall–Kier alpha value is -4.70. The molecule has 7 heteroatoms. The quantitative estimate of drug-likeness (QED) is 0.310. The number of halogens is 1. The standard InChI is InChI=1S/C27H19FN6/c1-15-24(21-11-17(13-31-26(21)32-15)16-10-18(29)14-30-12-16)27-33-23-9-5-7-20(25(23)34-27)19-6-3-2-4-8-22(19)28/h3,5-7,9-14H,2,29H2,1H3,(H,31,32)(H,33,34). The van der Waals surface area contributed by atoms with Crippen LogP contribution in [0.25, 0.3) is 50.2 Å². The minimum Gasteiger partial charge on any atom is -0.397 e. The molecular formula is C27H19FN6. The largest absolute Gasteiger partial charge is 0.397 e. The maximum absolute atomic E-state index is 14.7. The predicted octanol–water partition coefficient (Wildman–Crippen LogP) is 5.70. The Bertz CT molecular complexity index is 1720. The van der Waals surface area contributed by atoms with Crippen molar-refractivity contribution in [3.8, 4) is 34.4 Å². The van der Waals surface area contributed by atoms with Crippen molar-refractivity contribution >= 4 is 33.3 Å². The molecule has 0 amide bonds. The molecule has 0 atom stereocenters. The molecule has 6 rings (SSSR count). The molecule has 0 saturated carbocycles. The topological polar surface area (TPSA) is 96.3 Å². The number of nitrogen functional groups attached to an aromatic ring is 1. The van der Waals surface area contributed by atoms with Gasteiger partial charge in [0.25, 0.3) is 0 Å². The second-order valence-corrected chi connectivity index (χ2v) is 8.18. The van der Waals surface area contributed by atoms with Crippen molar-refractivity contribution in [2.45, 2.75) is 13.3 Å². The second-order valence-electron chi connectivity index (χ2n) is 8.18. The monoisotopic (exact) mass is 446 g/mol. The average Bonchev–Trinajstić information content (AvgIpc) is 3.32. The minimum atomic E-state index is -0.446. The van der Waals surface area contributed by atoms with E-state index < -0.39 is 5.83 Å². The number of fused-ring (bicyclic) bond motifs is 2. The van der Waals surface area contributed by atoms with Gasteiger partial charge in [-0.2, -0.15) is 4.39 Å². The molecule has 0 spiro atoms. The van der Waals surface area contributed by atoms with Crippen molar-refractivity contribution in [3.05, 3.63) is 78.2 Å². The number of aryl methyl sites for hydroxylation is 1. The summed E-state index contributed by atoms with van der Waals surface area (Å²) in [6, 6.07) is 9.62. The van der Waals surface area contributed by atoms with Gasteiger partial charge in [0.2, 0.25) is 0 Å². The average molecular weight is 446 g/mol. The lowest BCUT2D eigenvalue weighted by atomic mass is 10.0. The lowest BCUT2D eigenvalue weighted by Crippen LogP contribution is -1.89. The highest BCUT2D eigenvalue weighted by Gasteiger charge is 2.19. The lowest BCUT2D eigenvalue weighted by Gasteiger charge is -2.03. The number of nitrogens with zero attached hydrogens (tertiary/aromatic N) is 3. The number of nitrogens with one attached hydrogen (secondary N) is 2. The van der Waals surface area contributed by atoms with E-state index in [1.807, 2.05) is 37.3 Å². The zero-order chi connectivity index (χ0) is 23.2. The number of nitrogens with two attached hydrogens (primary N) is 1. The van der Waals surface area contributed by atoms with Crippen LogP contribution in [0, 0.1) is 18.8 Å². The van der Waals surface area contributed by atoms with Gasteiger partial charge < -0.3 is 15.7 Å². The molecule has 1 aliphatic carbocycles. The maximum Gasteiger partial charge on any atom is 0.181 e. The highest BCUT2D eigenvalue weighted by atomic mass is 19.1. The van der Waals surface area contributed by atoms with Gasteiger partial charge in [-0.15, -0.1) is 0 Å². The number of benzene rings is 1. The van der Waals surface area contributed by atoms with Crippen molar-refractivity contribution in [2.75, 3.05) is 5.73 Å². The second kappa shape index (κ2) is 7.71. The third kappa shape index (κ3) is 3.24. The Balaban J connectivity index is 1.54. The van der Waals surface area contributed by atoms with Gasteiger partial charge in [0.05, 0.1) is 16.7 Å². The van der Waals surface area contributed by atoms with E-state index in [0.717, 1.165) is 38.9 Å². The molecule has 0 unspecified atom stereocenters. The van der Waals surface area contributed by atoms with Crippen LogP contribution >= 0.6 is 0 Å². The fourth-order valence-electron chi connectivity index (χ4n) is 4.36. The Morgan fingerprint density at radius 3 is 2.85 bits per heavy atom. The smallest absolute Gasteiger partial charge is 0.181 e. The summed E-state index contributed by atoms with van der Waals surface area (Å²) in [5, 5.41) is 0.920. The normalized spacial score (nSPS) is 13.4. The van der Waals surface area contributed by atoms with E-state index >= 15 is 0 Å². The van der Waals surface area contributed by atoms with Gasteiger partial charge >= 0.3 is 0 Å². The first-order chi connectivity index (χ1) is 16.6. The zero-order valence-electron chi connectivity index (χ0n) is 18.3. The van der Waals surface area contributed by atoms with E-state index in [1.54, 1.807) is 24.7 Å². The van der Waals surface area contributed by atoms with Gasteiger partial charge in [0.1, 0.15) is 11.5 Å². The summed E-state index contributed by atoms with van der Waals surface area (Å²) >= 11 is 0. The summed E-state index contributed by atoms with van der Waals surface area (Å²) in [7, 11) is 0. The Labute approximate surface area is 194 Å². The van der Waals surface area contributed by atoms with Gasteiger partial charge in [-0.1, -0.05) is 30.2 Å². The molecule has 0 aliphatic heterocycles. The van der Waals surface area contributed by atoms with Crippen molar-refractivity contribution < 1.29 is 4.39 Å². The Morgan fingerprint density at radius 1 is 1.09 bits per heavy atom. The molecule has 5 aromatic rings. The molecule has 1 aliphatic rings. The van der Waals surface area contributed by atoms with Gasteiger partial charge in [-0.25, -0.2) is 9.97 Å². The maximum atomic E-state index is 14.7. The third-order valence-electron chi connectivity index (χ3n) is 5.91. The van der Waals surface area contributed by atoms with Crippen LogP contribution in [0.4, 0.5) is 10.1 Å². The molecule has 0 fully saturated rings. The first-order valence-corrected chi connectivity index (χ1v) is 10.8.